The summed E-state index contributed by atoms with van der Waals surface area (Å²) in [7, 11) is 0. The zero-order valence-corrected chi connectivity index (χ0v) is 17.0. The molecule has 6 nitrogen and oxygen atoms in total. The molecular weight excluding hydrogens is 388 g/mol. The summed E-state index contributed by atoms with van der Waals surface area (Å²) in [6.07, 6.45) is 3.57. The number of fused-ring (bicyclic) bond motifs is 1. The average Bonchev–Trinajstić information content (AvgIpc) is 3.31. The fourth-order valence-corrected chi connectivity index (χ4v) is 4.34. The zero-order valence-electron chi connectivity index (χ0n) is 16.1. The Balaban J connectivity index is 1.55. The number of Topliss-reactive ketones (excluding diaryl/α,β-unsaturated/α-hetero) is 1. The predicted octanol–water partition coefficient (Wildman–Crippen LogP) is 3.81. The summed E-state index contributed by atoms with van der Waals surface area (Å²) in [6, 6.07) is 7.54. The van der Waals surface area contributed by atoms with Gasteiger partial charge in [0.05, 0.1) is 13.1 Å². The number of ketones is 1. The molecule has 1 unspecified atom stereocenters. The van der Waals surface area contributed by atoms with Gasteiger partial charge in [-0.05, 0) is 71.5 Å². The van der Waals surface area contributed by atoms with Crippen LogP contribution in [0.3, 0.4) is 0 Å². The highest BCUT2D eigenvalue weighted by molar-refractivity contribution is 7.08. The minimum Gasteiger partial charge on any atom is -0.442 e. The van der Waals surface area contributed by atoms with Crippen molar-refractivity contribution in [3.05, 3.63) is 57.3 Å². The van der Waals surface area contributed by atoms with Crippen molar-refractivity contribution >= 4 is 40.9 Å². The molecule has 2 aliphatic rings. The van der Waals surface area contributed by atoms with Crippen LogP contribution in [-0.2, 0) is 16.0 Å². The number of thiophene rings is 1. The van der Waals surface area contributed by atoms with Gasteiger partial charge >= 0.3 is 6.09 Å². The number of ether oxygens (including phenoxy) is 1. The number of cyclic esters (lactones) is 1. The van der Waals surface area contributed by atoms with E-state index in [9.17, 15) is 14.4 Å². The molecule has 1 atom stereocenters. The van der Waals surface area contributed by atoms with Crippen LogP contribution in [0.15, 0.2) is 40.6 Å². The van der Waals surface area contributed by atoms with E-state index in [-0.39, 0.29) is 24.3 Å². The van der Waals surface area contributed by atoms with Gasteiger partial charge in [0.15, 0.2) is 5.78 Å². The molecule has 0 bridgehead atoms. The molecule has 4 rings (SSSR count). The van der Waals surface area contributed by atoms with Gasteiger partial charge in [-0.3, -0.25) is 14.5 Å². The molecule has 0 radical (unpaired) electrons. The molecule has 1 aromatic heterocycles. The largest absolute Gasteiger partial charge is 0.442 e. The zero-order chi connectivity index (χ0) is 20.4. The summed E-state index contributed by atoms with van der Waals surface area (Å²) in [5.74, 6) is -0.0999. The average molecular weight is 410 g/mol. The van der Waals surface area contributed by atoms with Crippen LogP contribution in [0, 0.1) is 0 Å². The Bertz CT molecular complexity index is 981. The lowest BCUT2D eigenvalue weighted by Crippen LogP contribution is -2.33. The molecular formula is C22H22N2O4S. The Morgan fingerprint density at radius 1 is 1.31 bits per heavy atom. The second-order valence-corrected chi connectivity index (χ2v) is 8.08. The van der Waals surface area contributed by atoms with Gasteiger partial charge in [-0.2, -0.15) is 11.3 Å². The highest BCUT2D eigenvalue weighted by atomic mass is 32.1. The van der Waals surface area contributed by atoms with Crippen LogP contribution in [-0.4, -0.2) is 37.0 Å². The molecule has 150 valence electrons. The van der Waals surface area contributed by atoms with Gasteiger partial charge in [0.25, 0.3) is 0 Å². The third-order valence-corrected chi connectivity index (χ3v) is 5.87. The molecule has 2 heterocycles. The Kier molecular flexibility index (Phi) is 5.49. The van der Waals surface area contributed by atoms with E-state index in [1.807, 2.05) is 35.0 Å². The first-order chi connectivity index (χ1) is 14.0. The standard InChI is InChI=1S/C22H22N2O4S/c1-14(25)23-11-19-12-24(22(27)28-19)18-5-6-20-16(10-18)3-2-4-17(21(20)26)9-15-7-8-29-13-15/h5-10,13,19H,2-4,11-12H2,1H3,(H,23,25)/b17-9-. The van der Waals surface area contributed by atoms with Crippen molar-refractivity contribution < 1.29 is 19.1 Å². The number of nitrogens with one attached hydrogen (secondary N) is 1. The molecule has 2 amide bonds. The van der Waals surface area contributed by atoms with Crippen LogP contribution >= 0.6 is 11.3 Å². The van der Waals surface area contributed by atoms with E-state index in [2.05, 4.69) is 5.32 Å². The normalized spacial score (nSPS) is 20.4. The molecule has 1 aliphatic carbocycles. The SMILES string of the molecule is CC(=O)NCC1CN(c2ccc3c(c2)CCC/C(=C/c2ccsc2)C3=O)C(=O)O1. The van der Waals surface area contributed by atoms with Crippen molar-refractivity contribution in [1.82, 2.24) is 5.32 Å². The van der Waals surface area contributed by atoms with E-state index in [1.165, 1.54) is 6.92 Å². The molecule has 7 heteroatoms. The van der Waals surface area contributed by atoms with Gasteiger partial charge in [0.2, 0.25) is 5.91 Å². The fraction of sp³-hybridized carbons (Fsp3) is 0.318. The summed E-state index contributed by atoms with van der Waals surface area (Å²) < 4.78 is 5.34. The van der Waals surface area contributed by atoms with Crippen molar-refractivity contribution in [2.45, 2.75) is 32.3 Å². The van der Waals surface area contributed by atoms with Crippen LogP contribution < -0.4 is 10.2 Å². The maximum absolute atomic E-state index is 13.1. The number of hydrogen-bond acceptors (Lipinski definition) is 5. The number of carbonyl (C=O) groups is 3. The minimum absolute atomic E-state index is 0.0581. The van der Waals surface area contributed by atoms with Gasteiger partial charge in [-0.1, -0.05) is 0 Å². The van der Waals surface area contributed by atoms with E-state index in [0.717, 1.165) is 41.6 Å². The molecule has 1 aliphatic heterocycles. The van der Waals surface area contributed by atoms with E-state index < -0.39 is 6.09 Å². The van der Waals surface area contributed by atoms with Crippen LogP contribution in [0.5, 0.6) is 0 Å². The van der Waals surface area contributed by atoms with Crippen LogP contribution in [0.2, 0.25) is 0 Å². The maximum atomic E-state index is 13.1. The number of rotatable bonds is 4. The second kappa shape index (κ2) is 8.21. The van der Waals surface area contributed by atoms with Gasteiger partial charge < -0.3 is 10.1 Å². The molecule has 0 spiro atoms. The Morgan fingerprint density at radius 3 is 2.93 bits per heavy atom. The number of anilines is 1. The van der Waals surface area contributed by atoms with Crippen LogP contribution in [0.25, 0.3) is 6.08 Å². The number of aryl methyl sites for hydroxylation is 1. The Morgan fingerprint density at radius 2 is 2.17 bits per heavy atom. The Hall–Kier alpha value is -2.93. The topological polar surface area (TPSA) is 75.7 Å². The van der Waals surface area contributed by atoms with Gasteiger partial charge in [0, 0.05) is 23.7 Å². The highest BCUT2D eigenvalue weighted by Crippen LogP contribution is 2.30. The van der Waals surface area contributed by atoms with E-state index in [4.69, 9.17) is 4.74 Å². The lowest BCUT2D eigenvalue weighted by atomic mass is 9.98. The van der Waals surface area contributed by atoms with Gasteiger partial charge in [-0.25, -0.2) is 4.79 Å². The van der Waals surface area contributed by atoms with Crippen LogP contribution in [0.4, 0.5) is 10.5 Å². The van der Waals surface area contributed by atoms with Crippen LogP contribution in [0.1, 0.15) is 41.3 Å². The summed E-state index contributed by atoms with van der Waals surface area (Å²) in [4.78, 5) is 38.0. The third-order valence-electron chi connectivity index (χ3n) is 5.17. The quantitative estimate of drug-likeness (QED) is 0.614. The maximum Gasteiger partial charge on any atom is 0.414 e. The smallest absolute Gasteiger partial charge is 0.414 e. The van der Waals surface area contributed by atoms with E-state index in [1.54, 1.807) is 22.3 Å². The molecule has 0 saturated carbocycles. The van der Waals surface area contributed by atoms with Crippen molar-refractivity contribution in [3.8, 4) is 0 Å². The molecule has 2 aromatic rings. The lowest BCUT2D eigenvalue weighted by Gasteiger charge is -2.15. The summed E-state index contributed by atoms with van der Waals surface area (Å²) >= 11 is 1.61. The van der Waals surface area contributed by atoms with E-state index in [0.29, 0.717) is 12.1 Å². The second-order valence-electron chi connectivity index (χ2n) is 7.30. The first-order valence-corrected chi connectivity index (χ1v) is 10.6. The third kappa shape index (κ3) is 4.24. The molecule has 1 saturated heterocycles. The summed E-state index contributed by atoms with van der Waals surface area (Å²) in [5, 5.41) is 6.71. The van der Waals surface area contributed by atoms with E-state index >= 15 is 0 Å². The number of benzene rings is 1. The first kappa shape index (κ1) is 19.4. The number of nitrogens with zero attached hydrogens (tertiary/aromatic N) is 1. The Labute approximate surface area is 173 Å². The van der Waals surface area contributed by atoms with Crippen molar-refractivity contribution in [1.29, 1.82) is 0 Å². The summed E-state index contributed by atoms with van der Waals surface area (Å²) in [6.45, 7) is 2.09. The van der Waals surface area contributed by atoms with Crippen molar-refractivity contribution in [2.75, 3.05) is 18.0 Å². The first-order valence-electron chi connectivity index (χ1n) is 9.64. The predicted molar refractivity (Wildman–Crippen MR) is 112 cm³/mol. The van der Waals surface area contributed by atoms with Crippen molar-refractivity contribution in [3.63, 3.8) is 0 Å². The lowest BCUT2D eigenvalue weighted by molar-refractivity contribution is -0.119. The molecule has 1 aromatic carbocycles. The molecule has 1 N–H and O–H groups in total. The van der Waals surface area contributed by atoms with Gasteiger partial charge in [0.1, 0.15) is 6.10 Å². The summed E-state index contributed by atoms with van der Waals surface area (Å²) in [5.41, 5.74) is 4.26. The number of amides is 2. The number of allylic oxidation sites excluding steroid dienone is 1. The molecule has 1 fully saturated rings. The fourth-order valence-electron chi connectivity index (χ4n) is 3.72. The number of carbonyl (C=O) groups excluding carboxylic acids is 3. The minimum atomic E-state index is -0.432. The monoisotopic (exact) mass is 410 g/mol. The van der Waals surface area contributed by atoms with Gasteiger partial charge in [-0.15, -0.1) is 0 Å². The van der Waals surface area contributed by atoms with Crippen molar-refractivity contribution in [2.24, 2.45) is 0 Å². The molecule has 29 heavy (non-hydrogen) atoms. The highest BCUT2D eigenvalue weighted by Gasteiger charge is 2.33. The number of hydrogen-bond donors (Lipinski definition) is 1.